The lowest BCUT2D eigenvalue weighted by Gasteiger charge is -1.99. The quantitative estimate of drug-likeness (QED) is 0.666. The first-order valence-electron chi connectivity index (χ1n) is 5.89. The molecule has 94 valence electrons. The third-order valence-electron chi connectivity index (χ3n) is 2.71. The average Bonchev–Trinajstić information content (AvgIpc) is 2.41. The number of nitrogens with zero attached hydrogens (tertiary/aromatic N) is 2. The van der Waals surface area contributed by atoms with E-state index in [1.54, 1.807) is 19.1 Å². The summed E-state index contributed by atoms with van der Waals surface area (Å²) in [6.45, 7) is 1.77. The van der Waals surface area contributed by atoms with E-state index in [1.807, 2.05) is 24.3 Å². The van der Waals surface area contributed by atoms with Gasteiger partial charge in [-0.15, -0.1) is 0 Å². The molecule has 0 saturated heterocycles. The van der Waals surface area contributed by atoms with Gasteiger partial charge in [0.25, 0.3) is 0 Å². The summed E-state index contributed by atoms with van der Waals surface area (Å²) in [6.07, 6.45) is 0. The van der Waals surface area contributed by atoms with Crippen molar-refractivity contribution in [3.8, 4) is 0 Å². The van der Waals surface area contributed by atoms with Gasteiger partial charge in [-0.05, 0) is 36.4 Å². The second-order valence-corrected chi connectivity index (χ2v) is 4.14. The summed E-state index contributed by atoms with van der Waals surface area (Å²) < 4.78 is 18.4. The first-order chi connectivity index (χ1) is 9.22. The van der Waals surface area contributed by atoms with Crippen LogP contribution in [0.15, 0.2) is 57.9 Å². The monoisotopic (exact) mass is 254 g/mol. The number of hydrogen-bond donors (Lipinski definition) is 0. The summed E-state index contributed by atoms with van der Waals surface area (Å²) in [5.74, 6) is 0.256. The molecule has 19 heavy (non-hydrogen) atoms. The van der Waals surface area contributed by atoms with Gasteiger partial charge in [0.15, 0.2) is 5.89 Å². The second kappa shape index (κ2) is 4.65. The number of para-hydroxylation sites is 1. The molecule has 0 atom stereocenters. The van der Waals surface area contributed by atoms with Crippen molar-refractivity contribution in [3.63, 3.8) is 0 Å². The van der Waals surface area contributed by atoms with Crippen LogP contribution in [0.5, 0.6) is 0 Å². The molecule has 0 aliphatic rings. The van der Waals surface area contributed by atoms with Crippen molar-refractivity contribution in [2.75, 3.05) is 0 Å². The van der Waals surface area contributed by atoms with Crippen molar-refractivity contribution in [2.45, 2.75) is 6.92 Å². The molecule has 0 unspecified atom stereocenters. The fraction of sp³-hybridized carbons (Fsp3) is 0.0667. The number of halogens is 1. The summed E-state index contributed by atoms with van der Waals surface area (Å²) in [6, 6.07) is 13.6. The van der Waals surface area contributed by atoms with E-state index in [9.17, 15) is 4.39 Å². The van der Waals surface area contributed by atoms with Gasteiger partial charge < -0.3 is 4.42 Å². The van der Waals surface area contributed by atoms with Crippen LogP contribution in [0.4, 0.5) is 10.1 Å². The van der Waals surface area contributed by atoms with Gasteiger partial charge in [-0.3, -0.25) is 0 Å². The molecule has 0 radical (unpaired) electrons. The largest absolute Gasteiger partial charge is 0.424 e. The Hall–Kier alpha value is -2.49. The molecule has 3 aromatic rings. The van der Waals surface area contributed by atoms with Crippen LogP contribution in [0, 0.1) is 12.7 Å². The molecule has 0 aliphatic heterocycles. The van der Waals surface area contributed by atoms with Gasteiger partial charge in [0, 0.05) is 6.92 Å². The van der Waals surface area contributed by atoms with Gasteiger partial charge in [-0.2, -0.15) is 0 Å². The molecule has 0 aliphatic carbocycles. The fourth-order valence-electron chi connectivity index (χ4n) is 1.86. The zero-order chi connectivity index (χ0) is 13.2. The molecule has 2 aromatic carbocycles. The summed E-state index contributed by atoms with van der Waals surface area (Å²) in [5, 5.41) is 0.831. The van der Waals surface area contributed by atoms with E-state index < -0.39 is 0 Å². The van der Waals surface area contributed by atoms with E-state index in [0.717, 1.165) is 10.9 Å². The van der Waals surface area contributed by atoms with Gasteiger partial charge in [0.05, 0.1) is 16.6 Å². The Balaban J connectivity index is 2.26. The SMILES string of the molecule is Cc1nc2ccccc2c(=Nc2ccc(F)cc2)o1. The number of rotatable bonds is 1. The second-order valence-electron chi connectivity index (χ2n) is 4.14. The van der Waals surface area contributed by atoms with E-state index in [2.05, 4.69) is 9.98 Å². The van der Waals surface area contributed by atoms with Crippen molar-refractivity contribution >= 4 is 16.6 Å². The minimum Gasteiger partial charge on any atom is -0.424 e. The number of benzene rings is 2. The van der Waals surface area contributed by atoms with Gasteiger partial charge in [-0.25, -0.2) is 14.4 Å². The standard InChI is InChI=1S/C15H11FN2O/c1-10-17-14-5-3-2-4-13(14)15(19-10)18-12-8-6-11(16)7-9-12/h2-9H,1H3. The van der Waals surface area contributed by atoms with Crippen LogP contribution in [-0.4, -0.2) is 4.98 Å². The molecule has 0 saturated carbocycles. The molecular weight excluding hydrogens is 243 g/mol. The Morgan fingerprint density at radius 2 is 1.79 bits per heavy atom. The Morgan fingerprint density at radius 1 is 1.05 bits per heavy atom. The normalized spacial score (nSPS) is 12.0. The smallest absolute Gasteiger partial charge is 0.230 e. The first-order valence-corrected chi connectivity index (χ1v) is 5.89. The van der Waals surface area contributed by atoms with E-state index in [1.165, 1.54) is 12.1 Å². The summed E-state index contributed by atoms with van der Waals surface area (Å²) >= 11 is 0. The van der Waals surface area contributed by atoms with Crippen molar-refractivity contribution in [2.24, 2.45) is 4.99 Å². The van der Waals surface area contributed by atoms with E-state index >= 15 is 0 Å². The average molecular weight is 254 g/mol. The lowest BCUT2D eigenvalue weighted by molar-refractivity contribution is 0.456. The van der Waals surface area contributed by atoms with Crippen molar-refractivity contribution < 1.29 is 8.81 Å². The maximum atomic E-state index is 12.9. The van der Waals surface area contributed by atoms with Gasteiger partial charge in [0.1, 0.15) is 5.82 Å². The Morgan fingerprint density at radius 3 is 2.58 bits per heavy atom. The predicted octanol–water partition coefficient (Wildman–Crippen LogP) is 3.51. The number of aromatic nitrogens is 1. The molecule has 3 rings (SSSR count). The summed E-state index contributed by atoms with van der Waals surface area (Å²) in [5.41, 5.74) is 1.95. The first kappa shape index (κ1) is 11.6. The molecule has 0 spiro atoms. The van der Waals surface area contributed by atoms with Gasteiger partial charge >= 0.3 is 0 Å². The predicted molar refractivity (Wildman–Crippen MR) is 70.4 cm³/mol. The molecule has 0 fully saturated rings. The highest BCUT2D eigenvalue weighted by atomic mass is 19.1. The van der Waals surface area contributed by atoms with Crippen LogP contribution in [0.2, 0.25) is 0 Å². The van der Waals surface area contributed by atoms with Crippen LogP contribution in [0.3, 0.4) is 0 Å². The van der Waals surface area contributed by atoms with Crippen LogP contribution < -0.4 is 5.55 Å². The maximum absolute atomic E-state index is 12.9. The number of aryl methyl sites for hydroxylation is 1. The van der Waals surface area contributed by atoms with Crippen molar-refractivity contribution in [1.29, 1.82) is 0 Å². The zero-order valence-corrected chi connectivity index (χ0v) is 10.3. The van der Waals surface area contributed by atoms with Crippen LogP contribution in [-0.2, 0) is 0 Å². The van der Waals surface area contributed by atoms with Crippen LogP contribution in [0.1, 0.15) is 5.89 Å². The summed E-state index contributed by atoms with van der Waals surface area (Å²) in [7, 11) is 0. The lowest BCUT2D eigenvalue weighted by Crippen LogP contribution is -2.04. The van der Waals surface area contributed by atoms with Gasteiger partial charge in [-0.1, -0.05) is 12.1 Å². The highest BCUT2D eigenvalue weighted by Gasteiger charge is 2.01. The Bertz CT molecular complexity index is 791. The molecule has 0 amide bonds. The molecular formula is C15H11FN2O. The Labute approximate surface area is 109 Å². The number of hydrogen-bond acceptors (Lipinski definition) is 3. The zero-order valence-electron chi connectivity index (χ0n) is 10.3. The van der Waals surface area contributed by atoms with Gasteiger partial charge in [0.2, 0.25) is 5.55 Å². The topological polar surface area (TPSA) is 38.4 Å². The summed E-state index contributed by atoms with van der Waals surface area (Å²) in [4.78, 5) is 8.70. The molecule has 4 heteroatoms. The molecule has 3 nitrogen and oxygen atoms in total. The van der Waals surface area contributed by atoms with Crippen LogP contribution >= 0.6 is 0 Å². The molecule has 1 heterocycles. The molecule has 0 N–H and O–H groups in total. The number of fused-ring (bicyclic) bond motifs is 1. The lowest BCUT2D eigenvalue weighted by atomic mass is 10.2. The molecule has 1 aromatic heterocycles. The minimum absolute atomic E-state index is 0.286. The molecule has 0 bridgehead atoms. The fourth-order valence-corrected chi connectivity index (χ4v) is 1.86. The van der Waals surface area contributed by atoms with E-state index in [-0.39, 0.29) is 5.82 Å². The van der Waals surface area contributed by atoms with E-state index in [0.29, 0.717) is 17.1 Å². The Kier molecular flexibility index (Phi) is 2.83. The van der Waals surface area contributed by atoms with E-state index in [4.69, 9.17) is 4.42 Å². The van der Waals surface area contributed by atoms with Crippen LogP contribution in [0.25, 0.3) is 10.9 Å². The third-order valence-corrected chi connectivity index (χ3v) is 2.71. The maximum Gasteiger partial charge on any atom is 0.230 e. The minimum atomic E-state index is -0.286. The highest BCUT2D eigenvalue weighted by molar-refractivity contribution is 5.76. The highest BCUT2D eigenvalue weighted by Crippen LogP contribution is 2.13. The third kappa shape index (κ3) is 2.38. The van der Waals surface area contributed by atoms with Crippen molar-refractivity contribution in [3.05, 3.63) is 65.8 Å². The van der Waals surface area contributed by atoms with Crippen molar-refractivity contribution in [1.82, 2.24) is 4.98 Å².